The Bertz CT molecular complexity index is 1730. The third-order valence-corrected chi connectivity index (χ3v) is 11.6. The highest BCUT2D eigenvalue weighted by atomic mass is 17.2. The predicted molar refractivity (Wildman–Crippen MR) is 175 cm³/mol. The predicted octanol–water partition coefficient (Wildman–Crippen LogP) is 1.75. The van der Waals surface area contributed by atoms with E-state index in [9.17, 15) is 39.0 Å². The van der Waals surface area contributed by atoms with Gasteiger partial charge in [-0.1, -0.05) is 42.8 Å². The molecule has 0 aromatic heterocycles. The molecular formula is C37H43NO14. The van der Waals surface area contributed by atoms with Crippen LogP contribution in [-0.2, 0) is 63.9 Å². The first-order chi connectivity index (χ1) is 24.6. The molecule has 2 aliphatic heterocycles. The van der Waals surface area contributed by atoms with Gasteiger partial charge in [-0.25, -0.2) is 19.2 Å². The zero-order valence-corrected chi connectivity index (χ0v) is 29.5. The molecule has 1 aromatic carbocycles. The molecule has 3 unspecified atom stereocenters. The Balaban J connectivity index is 1.31. The van der Waals surface area contributed by atoms with Crippen LogP contribution in [0.2, 0.25) is 0 Å². The number of rotatable bonds is 11. The maximum Gasteiger partial charge on any atom is 0.374 e. The summed E-state index contributed by atoms with van der Waals surface area (Å²) >= 11 is 0. The molecule has 15 nitrogen and oxygen atoms in total. The third kappa shape index (κ3) is 5.97. The van der Waals surface area contributed by atoms with Crippen LogP contribution < -0.4 is 5.32 Å². The lowest BCUT2D eigenvalue weighted by Crippen LogP contribution is -2.75. The molecule has 1 aromatic rings. The van der Waals surface area contributed by atoms with Gasteiger partial charge in [-0.3, -0.25) is 14.5 Å². The van der Waals surface area contributed by atoms with Gasteiger partial charge in [0.05, 0.1) is 25.7 Å². The summed E-state index contributed by atoms with van der Waals surface area (Å²) in [5.74, 6) is -7.70. The number of hydrogen-bond donors (Lipinski definition) is 3. The van der Waals surface area contributed by atoms with Crippen LogP contribution in [-0.4, -0.2) is 96.1 Å². The number of hydrogen-bond acceptors (Lipinski definition) is 13. The van der Waals surface area contributed by atoms with Gasteiger partial charge in [0.25, 0.3) is 5.91 Å². The van der Waals surface area contributed by atoms with E-state index >= 15 is 0 Å². The smallest absolute Gasteiger partial charge is 0.374 e. The Hall–Kier alpha value is -4.60. The maximum absolute atomic E-state index is 13.9. The van der Waals surface area contributed by atoms with E-state index in [1.54, 1.807) is 51.1 Å². The van der Waals surface area contributed by atoms with Gasteiger partial charge in [0.2, 0.25) is 6.10 Å². The minimum Gasteiger partial charge on any atom is -0.480 e. The highest BCUT2D eigenvalue weighted by molar-refractivity contribution is 5.96. The lowest BCUT2D eigenvalue weighted by molar-refractivity contribution is -0.293. The van der Waals surface area contributed by atoms with Crippen molar-refractivity contribution >= 4 is 35.6 Å². The van der Waals surface area contributed by atoms with Crippen LogP contribution in [0, 0.1) is 28.6 Å². The largest absolute Gasteiger partial charge is 0.480 e. The number of aliphatic hydroxyl groups excluding tert-OH is 1. The Labute approximate surface area is 299 Å². The number of carbonyl (C=O) groups excluding carboxylic acids is 5. The van der Waals surface area contributed by atoms with Crippen molar-refractivity contribution in [3.63, 3.8) is 0 Å². The molecule has 4 fully saturated rings. The fraction of sp³-hybridized carbons (Fsp3) is 0.568. The monoisotopic (exact) mass is 725 g/mol. The Morgan fingerprint density at radius 3 is 2.48 bits per heavy atom. The molecule has 2 saturated carbocycles. The van der Waals surface area contributed by atoms with Crippen LogP contribution in [0.25, 0.3) is 0 Å². The first kappa shape index (κ1) is 37.2. The molecule has 3 N–H and O–H groups in total. The zero-order valence-electron chi connectivity index (χ0n) is 29.5. The number of carboxylic acid groups (broad SMARTS) is 1. The summed E-state index contributed by atoms with van der Waals surface area (Å²) in [4.78, 5) is 88.7. The van der Waals surface area contributed by atoms with E-state index in [4.69, 9.17) is 23.8 Å². The molecule has 280 valence electrons. The summed E-state index contributed by atoms with van der Waals surface area (Å²) in [7, 11) is 1.12. The number of amides is 1. The minimum atomic E-state index is -1.94. The van der Waals surface area contributed by atoms with E-state index in [0.29, 0.717) is 16.7 Å². The number of esters is 2. The van der Waals surface area contributed by atoms with E-state index in [-0.39, 0.29) is 38.0 Å². The number of aliphatic carboxylic acids is 1. The Morgan fingerprint density at radius 2 is 1.83 bits per heavy atom. The topological polar surface area (TPSA) is 210 Å². The van der Waals surface area contributed by atoms with E-state index < -0.39 is 101 Å². The quantitative estimate of drug-likeness (QED) is 0.129. The number of nitrogens with one attached hydrogen (secondary N) is 1. The fourth-order valence-corrected chi connectivity index (χ4v) is 9.87. The molecule has 5 aliphatic rings. The minimum absolute atomic E-state index is 0.0404. The molecule has 10 atom stereocenters. The third-order valence-electron chi connectivity index (χ3n) is 11.6. The van der Waals surface area contributed by atoms with Crippen molar-refractivity contribution in [2.24, 2.45) is 28.6 Å². The first-order valence-corrected chi connectivity index (χ1v) is 17.1. The van der Waals surface area contributed by atoms with Crippen LogP contribution in [0.5, 0.6) is 0 Å². The molecule has 52 heavy (non-hydrogen) atoms. The molecule has 0 radical (unpaired) electrons. The number of fused-ring (bicyclic) bond motifs is 2. The van der Waals surface area contributed by atoms with E-state index in [1.807, 2.05) is 6.92 Å². The SMILES string of the molecule is COOC(=O)[C@@]12C[C@H](O)C3[C@@]4(C)CC(=O)C(OCC(=O)NC(Cc5ccccc5)C(=O)O)=C(C)C4C[C@H]4OC(=O)[C@H](OC(=O)C=C(C)C)[C@@H]1[C@@]34CO2. The number of allylic oxidation sites excluding steroid dienone is 3. The van der Waals surface area contributed by atoms with Crippen LogP contribution in [0.1, 0.15) is 52.5 Å². The molecule has 2 heterocycles. The Kier molecular flexibility index (Phi) is 9.83. The first-order valence-electron chi connectivity index (χ1n) is 17.1. The molecule has 2 bridgehead atoms. The average Bonchev–Trinajstić information content (AvgIpc) is 3.31. The van der Waals surface area contributed by atoms with E-state index in [2.05, 4.69) is 10.2 Å². The van der Waals surface area contributed by atoms with Crippen LogP contribution in [0.3, 0.4) is 0 Å². The number of carbonyl (C=O) groups is 6. The lowest BCUT2D eigenvalue weighted by Gasteiger charge is -2.66. The highest BCUT2D eigenvalue weighted by Crippen LogP contribution is 2.73. The van der Waals surface area contributed by atoms with Gasteiger partial charge in [0.1, 0.15) is 12.1 Å². The van der Waals surface area contributed by atoms with Gasteiger partial charge < -0.3 is 34.5 Å². The number of carboxylic acids is 1. The maximum atomic E-state index is 13.9. The normalized spacial score (nSPS) is 34.9. The van der Waals surface area contributed by atoms with Crippen molar-refractivity contribution in [2.75, 3.05) is 20.3 Å². The second-order valence-electron chi connectivity index (χ2n) is 14.9. The molecule has 1 amide bonds. The summed E-state index contributed by atoms with van der Waals surface area (Å²) in [6, 6.07) is 7.56. The van der Waals surface area contributed by atoms with Crippen LogP contribution in [0.15, 0.2) is 53.3 Å². The standard InChI is InChI=1S/C37H43NO14/c1-18(2)11-27(42)51-29-31-36-17-49-37(31,34(46)52-47-5)15-24(40)30(36)35(4)14-23(39)28(19(3)21(35)13-25(36)50-33(29)45)48-16-26(41)38-22(32(43)44)12-20-9-7-6-8-10-20/h6-11,21-22,24-25,29-31,40H,12-17H2,1-5H3,(H,38,41)(H,43,44)/t21?,22?,24-,25+,29+,30?,31+,35-,36+,37+/m0/s1. The van der Waals surface area contributed by atoms with Gasteiger partial charge in [-0.15, -0.1) is 0 Å². The van der Waals surface area contributed by atoms with Gasteiger partial charge in [0.15, 0.2) is 23.8 Å². The Morgan fingerprint density at radius 1 is 1.12 bits per heavy atom. The van der Waals surface area contributed by atoms with Gasteiger partial charge in [0, 0.05) is 36.7 Å². The summed E-state index contributed by atoms with van der Waals surface area (Å²) in [6.07, 6.45) is -2.95. The van der Waals surface area contributed by atoms with Gasteiger partial charge in [-0.2, -0.15) is 4.89 Å². The number of ether oxygens (including phenoxy) is 4. The second-order valence-corrected chi connectivity index (χ2v) is 14.9. The molecule has 15 heteroatoms. The van der Waals surface area contributed by atoms with Crippen LogP contribution >= 0.6 is 0 Å². The lowest BCUT2D eigenvalue weighted by atomic mass is 9.38. The molecule has 2 saturated heterocycles. The van der Waals surface area contributed by atoms with Crippen LogP contribution in [0.4, 0.5) is 0 Å². The summed E-state index contributed by atoms with van der Waals surface area (Å²) in [6.45, 7) is 6.06. The number of ketones is 1. The molecular weight excluding hydrogens is 682 g/mol. The van der Waals surface area contributed by atoms with E-state index in [0.717, 1.165) is 7.11 Å². The molecule has 3 aliphatic carbocycles. The van der Waals surface area contributed by atoms with Gasteiger partial charge >= 0.3 is 23.9 Å². The van der Waals surface area contributed by atoms with Crippen molar-refractivity contribution < 1.29 is 67.7 Å². The zero-order chi connectivity index (χ0) is 37.7. The number of Topliss-reactive ketones (excluding diaryl/α,β-unsaturated/α-hetero) is 1. The molecule has 1 spiro atoms. The fourth-order valence-electron chi connectivity index (χ4n) is 9.87. The van der Waals surface area contributed by atoms with Crippen molar-refractivity contribution in [2.45, 2.75) is 83.3 Å². The number of aliphatic hydroxyl groups is 1. The number of benzene rings is 1. The van der Waals surface area contributed by atoms with E-state index in [1.165, 1.54) is 6.08 Å². The molecule has 6 rings (SSSR count). The van der Waals surface area contributed by atoms with Crippen molar-refractivity contribution in [3.8, 4) is 0 Å². The summed E-state index contributed by atoms with van der Waals surface area (Å²) in [5, 5.41) is 24.1. The van der Waals surface area contributed by atoms with Gasteiger partial charge in [-0.05, 0) is 49.7 Å². The van der Waals surface area contributed by atoms with Crippen molar-refractivity contribution in [1.29, 1.82) is 0 Å². The van der Waals surface area contributed by atoms with Crippen molar-refractivity contribution in [3.05, 3.63) is 58.9 Å². The van der Waals surface area contributed by atoms with Crippen molar-refractivity contribution in [1.82, 2.24) is 5.32 Å². The highest BCUT2D eigenvalue weighted by Gasteiger charge is 2.82. The summed E-state index contributed by atoms with van der Waals surface area (Å²) < 4.78 is 23.8. The second kappa shape index (κ2) is 13.7. The summed E-state index contributed by atoms with van der Waals surface area (Å²) in [5.41, 5.74) is -2.45. The average molecular weight is 726 g/mol.